The molecule has 0 spiro atoms. The Bertz CT molecular complexity index is 707. The van der Waals surface area contributed by atoms with Gasteiger partial charge in [-0.25, -0.2) is 0 Å². The summed E-state index contributed by atoms with van der Waals surface area (Å²) in [6.45, 7) is 5.72. The molecule has 5 nitrogen and oxygen atoms in total. The Labute approximate surface area is 129 Å². The number of hydrogen-bond donors (Lipinski definition) is 1. The SMILES string of the molecule is CCCC(=O)Nc1cn(CCOCC)c2ccccc2c1=O. The highest BCUT2D eigenvalue weighted by molar-refractivity contribution is 5.93. The van der Waals surface area contributed by atoms with Crippen molar-refractivity contribution in [1.82, 2.24) is 4.57 Å². The molecular formula is C17H22N2O3. The quantitative estimate of drug-likeness (QED) is 0.800. The molecule has 5 heteroatoms. The Balaban J connectivity index is 2.41. The number of nitrogens with one attached hydrogen (secondary N) is 1. The third kappa shape index (κ3) is 3.74. The molecule has 0 aliphatic carbocycles. The van der Waals surface area contributed by atoms with Gasteiger partial charge < -0.3 is 14.6 Å². The van der Waals surface area contributed by atoms with Gasteiger partial charge in [0, 0.05) is 31.2 Å². The minimum atomic E-state index is -0.146. The Morgan fingerprint density at radius 2 is 2.05 bits per heavy atom. The Hall–Kier alpha value is -2.14. The molecule has 2 aromatic rings. The number of ether oxygens (including phenoxy) is 1. The average Bonchev–Trinajstić information content (AvgIpc) is 2.52. The van der Waals surface area contributed by atoms with Gasteiger partial charge in [-0.3, -0.25) is 9.59 Å². The van der Waals surface area contributed by atoms with E-state index in [4.69, 9.17) is 4.74 Å². The fourth-order valence-corrected chi connectivity index (χ4v) is 2.37. The van der Waals surface area contributed by atoms with Gasteiger partial charge in [-0.15, -0.1) is 0 Å². The number of fused-ring (bicyclic) bond motifs is 1. The van der Waals surface area contributed by atoms with Gasteiger partial charge in [-0.1, -0.05) is 19.1 Å². The van der Waals surface area contributed by atoms with Crippen molar-refractivity contribution in [3.8, 4) is 0 Å². The molecule has 1 N–H and O–H groups in total. The number of para-hydroxylation sites is 1. The van der Waals surface area contributed by atoms with Crippen molar-refractivity contribution in [2.75, 3.05) is 18.5 Å². The van der Waals surface area contributed by atoms with E-state index in [0.29, 0.717) is 37.3 Å². The number of carbonyl (C=O) groups is 1. The Morgan fingerprint density at radius 1 is 1.27 bits per heavy atom. The molecule has 1 heterocycles. The van der Waals surface area contributed by atoms with Crippen LogP contribution in [-0.2, 0) is 16.1 Å². The lowest BCUT2D eigenvalue weighted by Gasteiger charge is -2.14. The molecule has 1 amide bonds. The first kappa shape index (κ1) is 16.2. The molecule has 1 aromatic heterocycles. The number of carbonyl (C=O) groups excluding carboxylic acids is 1. The van der Waals surface area contributed by atoms with Crippen LogP contribution in [0.15, 0.2) is 35.3 Å². The number of nitrogens with zero attached hydrogens (tertiary/aromatic N) is 1. The lowest BCUT2D eigenvalue weighted by Crippen LogP contribution is -2.21. The molecule has 118 valence electrons. The fraction of sp³-hybridized carbons (Fsp3) is 0.412. The van der Waals surface area contributed by atoms with Crippen molar-refractivity contribution < 1.29 is 9.53 Å². The van der Waals surface area contributed by atoms with E-state index in [0.717, 1.165) is 11.9 Å². The molecule has 0 fully saturated rings. The summed E-state index contributed by atoms with van der Waals surface area (Å²) in [6.07, 6.45) is 2.86. The van der Waals surface area contributed by atoms with Crippen molar-refractivity contribution in [3.05, 3.63) is 40.7 Å². The third-order valence-electron chi connectivity index (χ3n) is 3.42. The summed E-state index contributed by atoms with van der Waals surface area (Å²) in [5.74, 6) is -0.133. The van der Waals surface area contributed by atoms with Gasteiger partial charge in [0.25, 0.3) is 0 Å². The lowest BCUT2D eigenvalue weighted by atomic mass is 10.2. The zero-order valence-corrected chi connectivity index (χ0v) is 13.1. The van der Waals surface area contributed by atoms with Crippen molar-refractivity contribution in [1.29, 1.82) is 0 Å². The van der Waals surface area contributed by atoms with Crippen molar-refractivity contribution in [2.45, 2.75) is 33.2 Å². The predicted molar refractivity (Wildman–Crippen MR) is 88.2 cm³/mol. The summed E-state index contributed by atoms with van der Waals surface area (Å²) in [4.78, 5) is 24.3. The van der Waals surface area contributed by atoms with Crippen LogP contribution in [0.3, 0.4) is 0 Å². The first-order chi connectivity index (χ1) is 10.7. The highest BCUT2D eigenvalue weighted by Crippen LogP contribution is 2.14. The van der Waals surface area contributed by atoms with Crippen molar-refractivity contribution in [3.63, 3.8) is 0 Å². The van der Waals surface area contributed by atoms with Gasteiger partial charge in [0.15, 0.2) is 0 Å². The number of rotatable bonds is 7. The number of benzene rings is 1. The van der Waals surface area contributed by atoms with E-state index in [-0.39, 0.29) is 11.3 Å². The number of hydrogen-bond acceptors (Lipinski definition) is 3. The molecule has 0 saturated carbocycles. The van der Waals surface area contributed by atoms with E-state index in [9.17, 15) is 9.59 Å². The number of amides is 1. The maximum atomic E-state index is 12.5. The van der Waals surface area contributed by atoms with Crippen LogP contribution in [-0.4, -0.2) is 23.7 Å². The molecule has 0 bridgehead atoms. The molecule has 22 heavy (non-hydrogen) atoms. The van der Waals surface area contributed by atoms with Gasteiger partial charge in [-0.2, -0.15) is 0 Å². The maximum Gasteiger partial charge on any atom is 0.224 e. The van der Waals surface area contributed by atoms with Gasteiger partial charge >= 0.3 is 0 Å². The number of anilines is 1. The van der Waals surface area contributed by atoms with Gasteiger partial charge in [0.05, 0.1) is 12.1 Å². The van der Waals surface area contributed by atoms with E-state index in [1.54, 1.807) is 12.3 Å². The van der Waals surface area contributed by atoms with E-state index in [1.807, 2.05) is 36.6 Å². The average molecular weight is 302 g/mol. The Morgan fingerprint density at radius 3 is 2.77 bits per heavy atom. The summed E-state index contributed by atoms with van der Waals surface area (Å²) < 4.78 is 7.34. The molecule has 0 aliphatic rings. The van der Waals surface area contributed by atoms with Crippen molar-refractivity contribution >= 4 is 22.5 Å². The van der Waals surface area contributed by atoms with E-state index >= 15 is 0 Å². The number of aromatic nitrogens is 1. The summed E-state index contributed by atoms with van der Waals surface area (Å²) in [7, 11) is 0. The topological polar surface area (TPSA) is 60.3 Å². The molecule has 0 saturated heterocycles. The van der Waals surface area contributed by atoms with E-state index in [2.05, 4.69) is 5.32 Å². The highest BCUT2D eigenvalue weighted by Gasteiger charge is 2.10. The fourth-order valence-electron chi connectivity index (χ4n) is 2.37. The minimum Gasteiger partial charge on any atom is -0.380 e. The zero-order chi connectivity index (χ0) is 15.9. The largest absolute Gasteiger partial charge is 0.380 e. The number of pyridine rings is 1. The molecule has 0 unspecified atom stereocenters. The van der Waals surface area contributed by atoms with Gasteiger partial charge in [0.1, 0.15) is 5.69 Å². The van der Waals surface area contributed by atoms with Crippen LogP contribution < -0.4 is 10.7 Å². The first-order valence-electron chi connectivity index (χ1n) is 7.67. The zero-order valence-electron chi connectivity index (χ0n) is 13.1. The molecule has 0 radical (unpaired) electrons. The minimum absolute atomic E-state index is 0.133. The maximum absolute atomic E-state index is 12.5. The summed E-state index contributed by atoms with van der Waals surface area (Å²) >= 11 is 0. The second kappa shape index (κ2) is 7.75. The van der Waals surface area contributed by atoms with Gasteiger partial charge in [0.2, 0.25) is 11.3 Å². The standard InChI is InChI=1S/C17H22N2O3/c1-3-7-16(20)18-14-12-19(10-11-22-4-2)15-9-6-5-8-13(15)17(14)21/h5-6,8-9,12H,3-4,7,10-11H2,1-2H3,(H,18,20). The van der Waals surface area contributed by atoms with Gasteiger partial charge in [-0.05, 0) is 25.5 Å². The molecule has 1 aromatic carbocycles. The second-order valence-electron chi connectivity index (χ2n) is 5.08. The molecular weight excluding hydrogens is 280 g/mol. The first-order valence-corrected chi connectivity index (χ1v) is 7.67. The summed E-state index contributed by atoms with van der Waals surface area (Å²) in [5.41, 5.74) is 1.03. The van der Waals surface area contributed by atoms with Crippen LogP contribution in [0.4, 0.5) is 5.69 Å². The van der Waals surface area contributed by atoms with Crippen molar-refractivity contribution in [2.24, 2.45) is 0 Å². The molecule has 0 aliphatic heterocycles. The van der Waals surface area contributed by atoms with Crippen LogP contribution in [0.25, 0.3) is 10.9 Å². The summed E-state index contributed by atoms with van der Waals surface area (Å²) in [5, 5.41) is 3.33. The highest BCUT2D eigenvalue weighted by atomic mass is 16.5. The predicted octanol–water partition coefficient (Wildman–Crippen LogP) is 2.78. The normalized spacial score (nSPS) is 10.8. The van der Waals surface area contributed by atoms with Crippen LogP contribution in [0.1, 0.15) is 26.7 Å². The second-order valence-corrected chi connectivity index (χ2v) is 5.08. The van der Waals surface area contributed by atoms with Crippen LogP contribution in [0, 0.1) is 0 Å². The lowest BCUT2D eigenvalue weighted by molar-refractivity contribution is -0.116. The van der Waals surface area contributed by atoms with E-state index < -0.39 is 0 Å². The third-order valence-corrected chi connectivity index (χ3v) is 3.42. The van der Waals surface area contributed by atoms with Crippen LogP contribution in [0.5, 0.6) is 0 Å². The molecule has 2 rings (SSSR count). The van der Waals surface area contributed by atoms with E-state index in [1.165, 1.54) is 0 Å². The van der Waals surface area contributed by atoms with Crippen LogP contribution >= 0.6 is 0 Å². The van der Waals surface area contributed by atoms with Crippen LogP contribution in [0.2, 0.25) is 0 Å². The molecule has 0 atom stereocenters. The Kier molecular flexibility index (Phi) is 5.72. The monoisotopic (exact) mass is 302 g/mol. The smallest absolute Gasteiger partial charge is 0.224 e. The summed E-state index contributed by atoms with van der Waals surface area (Å²) in [6, 6.07) is 7.41.